The summed E-state index contributed by atoms with van der Waals surface area (Å²) < 4.78 is 12.4. The Hall–Kier alpha value is -3.78. The van der Waals surface area contributed by atoms with Crippen LogP contribution in [-0.4, -0.2) is 0 Å². The molecule has 0 amide bonds. The molecule has 2 aromatic heterocycles. The van der Waals surface area contributed by atoms with Crippen molar-refractivity contribution in [1.82, 2.24) is 0 Å². The lowest BCUT2D eigenvalue weighted by atomic mass is 9.96. The van der Waals surface area contributed by atoms with Gasteiger partial charge in [0.05, 0.1) is 11.8 Å². The fourth-order valence-electron chi connectivity index (χ4n) is 3.95. The Labute approximate surface area is 176 Å². The summed E-state index contributed by atoms with van der Waals surface area (Å²) in [6.45, 7) is 4.25. The molecule has 2 heterocycles. The highest BCUT2D eigenvalue weighted by molar-refractivity contribution is 5.89. The van der Waals surface area contributed by atoms with E-state index in [0.29, 0.717) is 0 Å². The molecule has 30 heavy (non-hydrogen) atoms. The zero-order chi connectivity index (χ0) is 20.5. The highest BCUT2D eigenvalue weighted by Gasteiger charge is 2.22. The van der Waals surface area contributed by atoms with Crippen LogP contribution in [-0.2, 0) is 0 Å². The maximum absolute atomic E-state index is 6.39. The van der Waals surface area contributed by atoms with E-state index in [9.17, 15) is 0 Å². The largest absolute Gasteiger partial charge is 0.464 e. The van der Waals surface area contributed by atoms with Crippen LogP contribution in [0.1, 0.15) is 11.1 Å². The zero-order valence-electron chi connectivity index (χ0n) is 17.1. The Morgan fingerprint density at radius 3 is 1.97 bits per heavy atom. The highest BCUT2D eigenvalue weighted by atomic mass is 16.4. The molecule has 146 valence electrons. The van der Waals surface area contributed by atoms with Gasteiger partial charge in [-0.2, -0.15) is 0 Å². The molecule has 0 saturated carbocycles. The van der Waals surface area contributed by atoms with Gasteiger partial charge in [-0.15, -0.1) is 0 Å². The van der Waals surface area contributed by atoms with Crippen molar-refractivity contribution in [3.63, 3.8) is 0 Å². The smallest absolute Gasteiger partial charge is 0.145 e. The van der Waals surface area contributed by atoms with E-state index in [1.54, 1.807) is 6.26 Å². The Bertz CT molecular complexity index is 1290. The van der Waals surface area contributed by atoms with Crippen LogP contribution in [0.25, 0.3) is 45.1 Å². The number of rotatable bonds is 4. The molecule has 0 saturated heterocycles. The molecule has 0 aliphatic carbocycles. The molecular formula is C28H22O2. The van der Waals surface area contributed by atoms with Gasteiger partial charge < -0.3 is 8.83 Å². The van der Waals surface area contributed by atoms with E-state index in [1.807, 2.05) is 42.5 Å². The molecule has 3 aromatic carbocycles. The van der Waals surface area contributed by atoms with Crippen LogP contribution in [0.15, 0.2) is 106 Å². The summed E-state index contributed by atoms with van der Waals surface area (Å²) in [6.07, 6.45) is 1.76. The lowest BCUT2D eigenvalue weighted by molar-refractivity contribution is 0.576. The van der Waals surface area contributed by atoms with Gasteiger partial charge in [0.15, 0.2) is 0 Å². The zero-order valence-corrected chi connectivity index (χ0v) is 17.1. The second-order valence-electron chi connectivity index (χ2n) is 7.57. The molecule has 5 rings (SSSR count). The summed E-state index contributed by atoms with van der Waals surface area (Å²) >= 11 is 0. The Kier molecular flexibility index (Phi) is 4.61. The van der Waals surface area contributed by atoms with E-state index in [4.69, 9.17) is 8.83 Å². The van der Waals surface area contributed by atoms with Crippen LogP contribution < -0.4 is 0 Å². The molecule has 0 N–H and O–H groups in total. The van der Waals surface area contributed by atoms with Gasteiger partial charge in [-0.1, -0.05) is 84.4 Å². The van der Waals surface area contributed by atoms with Crippen LogP contribution in [0.4, 0.5) is 0 Å². The minimum atomic E-state index is 0.815. The summed E-state index contributed by atoms with van der Waals surface area (Å²) in [5.74, 6) is 2.47. The van der Waals surface area contributed by atoms with Crippen LogP contribution in [0.3, 0.4) is 0 Å². The van der Waals surface area contributed by atoms with Gasteiger partial charge in [-0.25, -0.2) is 0 Å². The van der Waals surface area contributed by atoms with E-state index >= 15 is 0 Å². The molecule has 0 bridgehead atoms. The van der Waals surface area contributed by atoms with Gasteiger partial charge in [0.25, 0.3) is 0 Å². The van der Waals surface area contributed by atoms with E-state index in [1.165, 1.54) is 16.7 Å². The van der Waals surface area contributed by atoms with E-state index in [0.717, 1.165) is 39.5 Å². The average molecular weight is 390 g/mol. The fourth-order valence-corrected chi connectivity index (χ4v) is 3.95. The fraction of sp³-hybridized carbons (Fsp3) is 0.0714. The molecule has 0 atom stereocenters. The molecule has 0 radical (unpaired) electrons. The first kappa shape index (κ1) is 18.3. The molecule has 0 aliphatic rings. The van der Waals surface area contributed by atoms with E-state index < -0.39 is 0 Å². The van der Waals surface area contributed by atoms with Crippen molar-refractivity contribution in [2.75, 3.05) is 0 Å². The van der Waals surface area contributed by atoms with Crippen molar-refractivity contribution in [2.45, 2.75) is 13.8 Å². The Balaban J connectivity index is 1.72. The normalized spacial score (nSPS) is 11.0. The molecule has 0 aliphatic heterocycles. The van der Waals surface area contributed by atoms with Gasteiger partial charge in [0, 0.05) is 16.7 Å². The summed E-state index contributed by atoms with van der Waals surface area (Å²) in [4.78, 5) is 0. The Morgan fingerprint density at radius 1 is 0.567 bits per heavy atom. The summed E-state index contributed by atoms with van der Waals surface area (Å²) in [5, 5.41) is 0. The van der Waals surface area contributed by atoms with Gasteiger partial charge in [0.2, 0.25) is 0 Å². The number of hydrogen-bond donors (Lipinski definition) is 0. The van der Waals surface area contributed by atoms with E-state index in [2.05, 4.69) is 62.4 Å². The maximum Gasteiger partial charge on any atom is 0.145 e. The van der Waals surface area contributed by atoms with Gasteiger partial charge in [0.1, 0.15) is 17.3 Å². The summed E-state index contributed by atoms with van der Waals surface area (Å²) in [6, 6.07) is 31.0. The van der Waals surface area contributed by atoms with E-state index in [-0.39, 0.29) is 0 Å². The van der Waals surface area contributed by atoms with Crippen molar-refractivity contribution in [2.24, 2.45) is 0 Å². The van der Waals surface area contributed by atoms with Gasteiger partial charge in [-0.3, -0.25) is 0 Å². The lowest BCUT2D eigenvalue weighted by Crippen LogP contribution is -1.86. The van der Waals surface area contributed by atoms with Crippen molar-refractivity contribution < 1.29 is 8.83 Å². The molecule has 0 unspecified atom stereocenters. The second kappa shape index (κ2) is 7.57. The summed E-state index contributed by atoms with van der Waals surface area (Å²) in [7, 11) is 0. The average Bonchev–Trinajstić information content (AvgIpc) is 3.42. The number of hydrogen-bond acceptors (Lipinski definition) is 2. The maximum atomic E-state index is 6.39. The third-order valence-corrected chi connectivity index (χ3v) is 5.41. The van der Waals surface area contributed by atoms with Crippen molar-refractivity contribution in [3.8, 4) is 45.1 Å². The van der Waals surface area contributed by atoms with Crippen molar-refractivity contribution >= 4 is 0 Å². The van der Waals surface area contributed by atoms with Crippen molar-refractivity contribution in [1.29, 1.82) is 0 Å². The topological polar surface area (TPSA) is 26.3 Å². The molecular weight excluding hydrogens is 368 g/mol. The quantitative estimate of drug-likeness (QED) is 0.309. The third-order valence-electron chi connectivity index (χ3n) is 5.41. The number of furan rings is 2. The molecule has 2 heteroatoms. The standard InChI is InChI=1S/C28H22O2/c1-19-13-14-23(20(2)17-19)24-15-16-29-28(24)25-18-26(21-9-5-3-6-10-21)30-27(25)22-11-7-4-8-12-22/h3-18H,1-2H3. The molecule has 0 fully saturated rings. The third kappa shape index (κ3) is 3.27. The Morgan fingerprint density at radius 2 is 1.27 bits per heavy atom. The highest BCUT2D eigenvalue weighted by Crippen LogP contribution is 2.43. The minimum Gasteiger partial charge on any atom is -0.464 e. The predicted octanol–water partition coefficient (Wildman–Crippen LogP) is 8.16. The van der Waals surface area contributed by atoms with Crippen LogP contribution in [0.5, 0.6) is 0 Å². The monoisotopic (exact) mass is 390 g/mol. The SMILES string of the molecule is Cc1ccc(-c2ccoc2-c2cc(-c3ccccc3)oc2-c2ccccc2)c(C)c1. The molecule has 2 nitrogen and oxygen atoms in total. The van der Waals surface area contributed by atoms with Crippen molar-refractivity contribution in [3.05, 3.63) is 108 Å². The van der Waals surface area contributed by atoms with Gasteiger partial charge in [-0.05, 0) is 37.1 Å². The van der Waals surface area contributed by atoms with Crippen LogP contribution >= 0.6 is 0 Å². The number of aryl methyl sites for hydroxylation is 2. The predicted molar refractivity (Wildman–Crippen MR) is 122 cm³/mol. The minimum absolute atomic E-state index is 0.815. The molecule has 5 aromatic rings. The van der Waals surface area contributed by atoms with Crippen LogP contribution in [0, 0.1) is 13.8 Å². The first-order chi connectivity index (χ1) is 14.7. The van der Waals surface area contributed by atoms with Gasteiger partial charge >= 0.3 is 0 Å². The number of benzene rings is 3. The first-order valence-corrected chi connectivity index (χ1v) is 10.1. The van der Waals surface area contributed by atoms with Crippen LogP contribution in [0.2, 0.25) is 0 Å². The first-order valence-electron chi connectivity index (χ1n) is 10.1. The second-order valence-corrected chi connectivity index (χ2v) is 7.57. The lowest BCUT2D eigenvalue weighted by Gasteiger charge is -2.08. The molecule has 0 spiro atoms. The summed E-state index contributed by atoms with van der Waals surface area (Å²) in [5.41, 5.74) is 7.75.